The number of benzene rings is 2. The van der Waals surface area contributed by atoms with Crippen LogP contribution in [0.4, 0.5) is 5.69 Å². The van der Waals surface area contributed by atoms with Gasteiger partial charge in [0.2, 0.25) is 0 Å². The van der Waals surface area contributed by atoms with Gasteiger partial charge in [0, 0.05) is 11.3 Å². The number of aromatic amines is 1. The summed E-state index contributed by atoms with van der Waals surface area (Å²) < 4.78 is 5.42. The number of ether oxygens (including phenoxy) is 1. The lowest BCUT2D eigenvalue weighted by Gasteiger charge is -2.08. The quantitative estimate of drug-likeness (QED) is 0.690. The molecule has 0 amide bonds. The summed E-state index contributed by atoms with van der Waals surface area (Å²) in [4.78, 5) is 0. The van der Waals surface area contributed by atoms with Crippen molar-refractivity contribution in [2.24, 2.45) is 0 Å². The molecule has 3 N–H and O–H groups in total. The van der Waals surface area contributed by atoms with Gasteiger partial charge in [-0.15, -0.1) is 0 Å². The molecule has 0 atom stereocenters. The molecule has 0 radical (unpaired) electrons. The highest BCUT2D eigenvalue weighted by Crippen LogP contribution is 2.36. The fraction of sp³-hybridized carbons (Fsp3) is 0.133. The normalized spacial score (nSPS) is 10.8. The monoisotopic (exact) mass is 253 g/mol. The lowest BCUT2D eigenvalue weighted by atomic mass is 10.0. The Hall–Kier alpha value is -2.49. The molecule has 0 aliphatic carbocycles. The predicted octanol–water partition coefficient (Wildman–Crippen LogP) is 3.13. The molecule has 0 fully saturated rings. The zero-order chi connectivity index (χ0) is 13.4. The first-order chi connectivity index (χ1) is 9.20. The Kier molecular flexibility index (Phi) is 2.63. The van der Waals surface area contributed by atoms with E-state index in [4.69, 9.17) is 10.5 Å². The Bertz CT molecular complexity index is 746. The standard InChI is InChI=1S/C15H15N3O/c1-9-6-7-13(19-2)10(8-9)15-14-11(16)4-3-5-12(14)17-18-15/h3-8H,16H2,1-2H3,(H,17,18). The zero-order valence-electron chi connectivity index (χ0n) is 10.9. The molecule has 3 rings (SSSR count). The van der Waals surface area contributed by atoms with Crippen LogP contribution in [0, 0.1) is 6.92 Å². The van der Waals surface area contributed by atoms with Crippen molar-refractivity contribution in [1.29, 1.82) is 0 Å². The van der Waals surface area contributed by atoms with Gasteiger partial charge in [-0.1, -0.05) is 17.7 Å². The zero-order valence-corrected chi connectivity index (χ0v) is 10.9. The lowest BCUT2D eigenvalue weighted by Crippen LogP contribution is -1.91. The first kappa shape index (κ1) is 11.6. The van der Waals surface area contributed by atoms with Crippen LogP contribution in [0.1, 0.15) is 5.56 Å². The van der Waals surface area contributed by atoms with Crippen molar-refractivity contribution < 1.29 is 4.74 Å². The maximum atomic E-state index is 6.07. The number of fused-ring (bicyclic) bond motifs is 1. The summed E-state index contributed by atoms with van der Waals surface area (Å²) in [6.07, 6.45) is 0. The van der Waals surface area contributed by atoms with Gasteiger partial charge in [0.1, 0.15) is 11.4 Å². The topological polar surface area (TPSA) is 63.9 Å². The van der Waals surface area contributed by atoms with Crippen molar-refractivity contribution >= 4 is 16.6 Å². The van der Waals surface area contributed by atoms with Crippen LogP contribution in [-0.4, -0.2) is 17.3 Å². The van der Waals surface area contributed by atoms with E-state index in [1.54, 1.807) is 7.11 Å². The molecule has 96 valence electrons. The second-order valence-electron chi connectivity index (χ2n) is 4.55. The van der Waals surface area contributed by atoms with Gasteiger partial charge in [0.25, 0.3) is 0 Å². The van der Waals surface area contributed by atoms with Crippen LogP contribution < -0.4 is 10.5 Å². The van der Waals surface area contributed by atoms with E-state index in [0.717, 1.165) is 33.5 Å². The molecule has 0 bridgehead atoms. The lowest BCUT2D eigenvalue weighted by molar-refractivity contribution is 0.416. The number of anilines is 1. The van der Waals surface area contributed by atoms with E-state index >= 15 is 0 Å². The molecular formula is C15H15N3O. The number of nitrogens with one attached hydrogen (secondary N) is 1. The smallest absolute Gasteiger partial charge is 0.128 e. The molecular weight excluding hydrogens is 238 g/mol. The van der Waals surface area contributed by atoms with Gasteiger partial charge in [-0.3, -0.25) is 5.10 Å². The molecule has 1 aromatic heterocycles. The Morgan fingerprint density at radius 2 is 2.05 bits per heavy atom. The minimum absolute atomic E-state index is 0.713. The van der Waals surface area contributed by atoms with E-state index in [-0.39, 0.29) is 0 Å². The molecule has 19 heavy (non-hydrogen) atoms. The number of nitrogens with two attached hydrogens (primary N) is 1. The Labute approximate surface area is 111 Å². The minimum atomic E-state index is 0.713. The van der Waals surface area contributed by atoms with Crippen molar-refractivity contribution in [2.75, 3.05) is 12.8 Å². The van der Waals surface area contributed by atoms with Gasteiger partial charge in [0.15, 0.2) is 0 Å². The van der Waals surface area contributed by atoms with Crippen molar-refractivity contribution in [1.82, 2.24) is 10.2 Å². The number of nitrogens with zero attached hydrogens (tertiary/aromatic N) is 1. The summed E-state index contributed by atoms with van der Waals surface area (Å²) in [6, 6.07) is 11.8. The summed E-state index contributed by atoms with van der Waals surface area (Å²) in [5.41, 5.74) is 10.6. The number of nitrogen functional groups attached to an aromatic ring is 1. The van der Waals surface area contributed by atoms with Crippen LogP contribution in [0.3, 0.4) is 0 Å². The minimum Gasteiger partial charge on any atom is -0.496 e. The largest absolute Gasteiger partial charge is 0.496 e. The molecule has 4 heteroatoms. The van der Waals surface area contributed by atoms with E-state index in [9.17, 15) is 0 Å². The number of hydrogen-bond donors (Lipinski definition) is 2. The number of aryl methyl sites for hydroxylation is 1. The van der Waals surface area contributed by atoms with Gasteiger partial charge in [-0.05, 0) is 31.2 Å². The van der Waals surface area contributed by atoms with Gasteiger partial charge in [0.05, 0.1) is 18.0 Å². The van der Waals surface area contributed by atoms with Crippen molar-refractivity contribution in [3.8, 4) is 17.0 Å². The highest BCUT2D eigenvalue weighted by molar-refractivity contribution is 6.02. The maximum absolute atomic E-state index is 6.07. The molecule has 4 nitrogen and oxygen atoms in total. The maximum Gasteiger partial charge on any atom is 0.128 e. The van der Waals surface area contributed by atoms with Crippen LogP contribution in [-0.2, 0) is 0 Å². The number of aromatic nitrogens is 2. The average Bonchev–Trinajstić information content (AvgIpc) is 2.84. The van der Waals surface area contributed by atoms with E-state index in [2.05, 4.69) is 16.3 Å². The highest BCUT2D eigenvalue weighted by Gasteiger charge is 2.14. The third-order valence-electron chi connectivity index (χ3n) is 3.23. The molecule has 0 saturated heterocycles. The fourth-order valence-electron chi connectivity index (χ4n) is 2.30. The second-order valence-corrected chi connectivity index (χ2v) is 4.55. The second kappa shape index (κ2) is 4.31. The number of methoxy groups -OCH3 is 1. The first-order valence-electron chi connectivity index (χ1n) is 6.08. The molecule has 0 unspecified atom stereocenters. The molecule has 2 aromatic carbocycles. The van der Waals surface area contributed by atoms with Gasteiger partial charge in [-0.25, -0.2) is 0 Å². The third-order valence-corrected chi connectivity index (χ3v) is 3.23. The van der Waals surface area contributed by atoms with E-state index in [1.165, 1.54) is 0 Å². The molecule has 0 aliphatic heterocycles. The number of H-pyrrole nitrogens is 1. The molecule has 0 aliphatic rings. The fourth-order valence-corrected chi connectivity index (χ4v) is 2.30. The Morgan fingerprint density at radius 3 is 2.84 bits per heavy atom. The van der Waals surface area contributed by atoms with Crippen LogP contribution in [0.2, 0.25) is 0 Å². The number of rotatable bonds is 2. The Morgan fingerprint density at radius 1 is 1.21 bits per heavy atom. The third kappa shape index (κ3) is 1.81. The van der Waals surface area contributed by atoms with Gasteiger partial charge < -0.3 is 10.5 Å². The van der Waals surface area contributed by atoms with Crippen LogP contribution >= 0.6 is 0 Å². The van der Waals surface area contributed by atoms with Gasteiger partial charge in [-0.2, -0.15) is 5.10 Å². The number of hydrogen-bond acceptors (Lipinski definition) is 3. The molecule has 0 spiro atoms. The van der Waals surface area contributed by atoms with Crippen LogP contribution in [0.5, 0.6) is 5.75 Å². The summed E-state index contributed by atoms with van der Waals surface area (Å²) in [5.74, 6) is 0.794. The summed E-state index contributed by atoms with van der Waals surface area (Å²) >= 11 is 0. The molecule has 0 saturated carbocycles. The first-order valence-corrected chi connectivity index (χ1v) is 6.08. The van der Waals surface area contributed by atoms with E-state index < -0.39 is 0 Å². The van der Waals surface area contributed by atoms with Crippen molar-refractivity contribution in [3.63, 3.8) is 0 Å². The Balaban J connectivity index is 2.33. The SMILES string of the molecule is COc1ccc(C)cc1-c1n[nH]c2cccc(N)c12. The summed E-state index contributed by atoms with van der Waals surface area (Å²) in [5, 5.41) is 8.34. The van der Waals surface area contributed by atoms with Crippen LogP contribution in [0.15, 0.2) is 36.4 Å². The average molecular weight is 253 g/mol. The summed E-state index contributed by atoms with van der Waals surface area (Å²) in [6.45, 7) is 2.04. The highest BCUT2D eigenvalue weighted by atomic mass is 16.5. The molecule has 1 heterocycles. The molecule has 3 aromatic rings. The van der Waals surface area contributed by atoms with Crippen molar-refractivity contribution in [2.45, 2.75) is 6.92 Å². The predicted molar refractivity (Wildman–Crippen MR) is 77.2 cm³/mol. The van der Waals surface area contributed by atoms with Crippen molar-refractivity contribution in [3.05, 3.63) is 42.0 Å². The van der Waals surface area contributed by atoms with E-state index in [1.807, 2.05) is 37.3 Å². The van der Waals surface area contributed by atoms with Gasteiger partial charge >= 0.3 is 0 Å². The van der Waals surface area contributed by atoms with E-state index in [0.29, 0.717) is 5.69 Å². The summed E-state index contributed by atoms with van der Waals surface area (Å²) in [7, 11) is 1.66. The van der Waals surface area contributed by atoms with Crippen LogP contribution in [0.25, 0.3) is 22.2 Å².